The molecule has 8 nitrogen and oxygen atoms in total. The molecule has 1 saturated heterocycles. The number of amides is 1. The fraction of sp³-hybridized carbons (Fsp3) is 0.438. The summed E-state index contributed by atoms with van der Waals surface area (Å²) in [5, 5.41) is 33.1. The second kappa shape index (κ2) is 7.94. The Kier molecular flexibility index (Phi) is 5.94. The number of allylic oxidation sites excluding steroid dienone is 1. The van der Waals surface area contributed by atoms with Crippen molar-refractivity contribution in [1.82, 2.24) is 10.6 Å². The van der Waals surface area contributed by atoms with Gasteiger partial charge in [0, 0.05) is 5.92 Å². The van der Waals surface area contributed by atoms with E-state index in [1.54, 1.807) is 37.1 Å². The van der Waals surface area contributed by atoms with Crippen molar-refractivity contribution in [1.29, 1.82) is 0 Å². The molecule has 8 heteroatoms. The molecule has 1 aromatic carbocycles. The molecular formula is C16H20N2O6. The van der Waals surface area contributed by atoms with Gasteiger partial charge in [0.05, 0.1) is 6.04 Å². The minimum atomic E-state index is -1.33. The highest BCUT2D eigenvalue weighted by atomic mass is 16.6. The molecule has 24 heavy (non-hydrogen) atoms. The number of rotatable bonds is 6. The molecule has 5 N–H and O–H groups in total. The molecule has 1 amide bonds. The van der Waals surface area contributed by atoms with Crippen LogP contribution in [0, 0.1) is 5.92 Å². The van der Waals surface area contributed by atoms with Crippen molar-refractivity contribution >= 4 is 12.0 Å². The molecule has 0 saturated carbocycles. The SMILES string of the molecule is CC(CC1NC(Cc2ccc(O)cc2)C(O)O1)C(=C=O)NC(=O)O. The number of carbonyl (C=O) groups excluding carboxylic acids is 1. The van der Waals surface area contributed by atoms with Crippen LogP contribution in [0.4, 0.5) is 4.79 Å². The van der Waals surface area contributed by atoms with Gasteiger partial charge in [-0.15, -0.1) is 0 Å². The van der Waals surface area contributed by atoms with Crippen molar-refractivity contribution in [3.8, 4) is 5.75 Å². The molecule has 1 aromatic rings. The van der Waals surface area contributed by atoms with E-state index in [0.717, 1.165) is 5.56 Å². The average Bonchev–Trinajstić information content (AvgIpc) is 2.86. The van der Waals surface area contributed by atoms with Gasteiger partial charge >= 0.3 is 6.09 Å². The number of hydrogen-bond donors (Lipinski definition) is 5. The molecule has 0 aliphatic carbocycles. The third-order valence-corrected chi connectivity index (χ3v) is 3.85. The Morgan fingerprint density at radius 1 is 1.42 bits per heavy atom. The minimum absolute atomic E-state index is 0.0793. The normalized spacial score (nSPS) is 24.2. The second-order valence-corrected chi connectivity index (χ2v) is 5.74. The third kappa shape index (κ3) is 4.81. The molecule has 0 bridgehead atoms. The molecule has 4 atom stereocenters. The van der Waals surface area contributed by atoms with Gasteiger partial charge in [0.2, 0.25) is 0 Å². The fourth-order valence-corrected chi connectivity index (χ4v) is 2.60. The van der Waals surface area contributed by atoms with Crippen LogP contribution < -0.4 is 10.6 Å². The lowest BCUT2D eigenvalue weighted by atomic mass is 10.0. The van der Waals surface area contributed by atoms with Crippen molar-refractivity contribution in [2.24, 2.45) is 5.92 Å². The molecule has 2 rings (SSSR count). The Morgan fingerprint density at radius 3 is 2.67 bits per heavy atom. The highest BCUT2D eigenvalue weighted by Gasteiger charge is 2.34. The molecule has 1 aliphatic rings. The topological polar surface area (TPSA) is 128 Å². The Morgan fingerprint density at radius 2 is 2.08 bits per heavy atom. The number of nitrogens with one attached hydrogen (secondary N) is 2. The average molecular weight is 336 g/mol. The summed E-state index contributed by atoms with van der Waals surface area (Å²) in [4.78, 5) is 21.5. The van der Waals surface area contributed by atoms with Gasteiger partial charge in [-0.1, -0.05) is 19.1 Å². The van der Waals surface area contributed by atoms with Gasteiger partial charge in [-0.05, 0) is 30.5 Å². The quantitative estimate of drug-likeness (QED) is 0.481. The van der Waals surface area contributed by atoms with E-state index in [4.69, 9.17) is 9.84 Å². The van der Waals surface area contributed by atoms with Crippen LogP contribution in [0.25, 0.3) is 0 Å². The van der Waals surface area contributed by atoms with E-state index in [-0.39, 0.29) is 17.5 Å². The van der Waals surface area contributed by atoms with E-state index >= 15 is 0 Å². The molecule has 1 fully saturated rings. The lowest BCUT2D eigenvalue weighted by Crippen LogP contribution is -2.36. The van der Waals surface area contributed by atoms with E-state index in [1.165, 1.54) is 0 Å². The van der Waals surface area contributed by atoms with E-state index < -0.39 is 24.5 Å². The zero-order valence-corrected chi connectivity index (χ0v) is 13.1. The summed E-state index contributed by atoms with van der Waals surface area (Å²) in [6, 6.07) is 6.29. The van der Waals surface area contributed by atoms with Gasteiger partial charge in [-0.3, -0.25) is 10.6 Å². The fourth-order valence-electron chi connectivity index (χ4n) is 2.60. The van der Waals surface area contributed by atoms with Gasteiger partial charge in [-0.2, -0.15) is 0 Å². The number of carbonyl (C=O) groups is 1. The summed E-state index contributed by atoms with van der Waals surface area (Å²) in [5.74, 6) is 1.31. The van der Waals surface area contributed by atoms with Crippen molar-refractivity contribution in [2.75, 3.05) is 0 Å². The summed E-state index contributed by atoms with van der Waals surface area (Å²) in [6.07, 6.45) is -2.07. The second-order valence-electron chi connectivity index (χ2n) is 5.74. The Labute approximate surface area is 138 Å². The molecule has 1 heterocycles. The number of aliphatic hydroxyl groups excluding tert-OH is 1. The maximum atomic E-state index is 10.8. The first kappa shape index (κ1) is 18.0. The first-order valence-electron chi connectivity index (χ1n) is 7.51. The number of carboxylic acid groups (broad SMARTS) is 1. The highest BCUT2D eigenvalue weighted by molar-refractivity contribution is 5.71. The van der Waals surface area contributed by atoms with Crippen LogP contribution in [0.1, 0.15) is 18.9 Å². The van der Waals surface area contributed by atoms with Crippen LogP contribution in [0.15, 0.2) is 30.0 Å². The van der Waals surface area contributed by atoms with E-state index in [0.29, 0.717) is 12.8 Å². The van der Waals surface area contributed by atoms with Crippen LogP contribution in [0.5, 0.6) is 5.75 Å². The van der Waals surface area contributed by atoms with E-state index in [1.807, 2.05) is 5.32 Å². The first-order valence-corrected chi connectivity index (χ1v) is 7.51. The number of phenolic OH excluding ortho intramolecular Hbond substituents is 1. The number of aromatic hydroxyl groups is 1. The Bertz CT molecular complexity index is 626. The van der Waals surface area contributed by atoms with E-state index in [9.17, 15) is 19.8 Å². The number of hydrogen-bond acceptors (Lipinski definition) is 6. The summed E-state index contributed by atoms with van der Waals surface area (Å²) in [5.41, 5.74) is 0.840. The first-order chi connectivity index (χ1) is 11.4. The van der Waals surface area contributed by atoms with Gasteiger partial charge in [0.1, 0.15) is 23.6 Å². The minimum Gasteiger partial charge on any atom is -0.508 e. The smallest absolute Gasteiger partial charge is 0.409 e. The molecule has 130 valence electrons. The van der Waals surface area contributed by atoms with Gasteiger partial charge < -0.3 is 20.1 Å². The molecular weight excluding hydrogens is 316 g/mol. The Hall–Kier alpha value is -2.38. The number of phenols is 1. The van der Waals surface area contributed by atoms with Gasteiger partial charge in [0.15, 0.2) is 6.29 Å². The predicted molar refractivity (Wildman–Crippen MR) is 83.8 cm³/mol. The lowest BCUT2D eigenvalue weighted by Gasteiger charge is -2.17. The summed E-state index contributed by atoms with van der Waals surface area (Å²) in [7, 11) is 0. The third-order valence-electron chi connectivity index (χ3n) is 3.85. The van der Waals surface area contributed by atoms with Crippen LogP contribution in [-0.2, 0) is 16.0 Å². The monoisotopic (exact) mass is 336 g/mol. The van der Waals surface area contributed by atoms with Crippen LogP contribution in [0.2, 0.25) is 0 Å². The molecule has 0 spiro atoms. The molecule has 1 aliphatic heterocycles. The summed E-state index contributed by atoms with van der Waals surface area (Å²) >= 11 is 0. The van der Waals surface area contributed by atoms with Crippen molar-refractivity contribution in [3.63, 3.8) is 0 Å². The maximum absolute atomic E-state index is 10.8. The standard InChI is InChI=1S/C16H20N2O6/c1-9(13(8-19)18-16(22)23)6-14-17-12(15(21)24-14)7-10-2-4-11(20)5-3-10/h2-5,9,12,14-15,17-18,20-21H,6-7H2,1H3,(H,22,23). The predicted octanol–water partition coefficient (Wildman–Crippen LogP) is 0.577. The summed E-state index contributed by atoms with van der Waals surface area (Å²) < 4.78 is 5.42. The Balaban J connectivity index is 1.91. The summed E-state index contributed by atoms with van der Waals surface area (Å²) in [6.45, 7) is 1.67. The van der Waals surface area contributed by atoms with Crippen molar-refractivity contribution < 1.29 is 29.6 Å². The van der Waals surface area contributed by atoms with Crippen LogP contribution >= 0.6 is 0 Å². The maximum Gasteiger partial charge on any atom is 0.409 e. The van der Waals surface area contributed by atoms with Crippen molar-refractivity contribution in [3.05, 3.63) is 35.5 Å². The molecule has 0 radical (unpaired) electrons. The van der Waals surface area contributed by atoms with Gasteiger partial charge in [0.25, 0.3) is 0 Å². The van der Waals surface area contributed by atoms with Gasteiger partial charge in [-0.25, -0.2) is 9.59 Å². The van der Waals surface area contributed by atoms with Crippen LogP contribution in [-0.4, -0.2) is 45.9 Å². The van der Waals surface area contributed by atoms with E-state index in [2.05, 4.69) is 5.32 Å². The number of ether oxygens (including phenoxy) is 1. The largest absolute Gasteiger partial charge is 0.508 e. The number of benzene rings is 1. The highest BCUT2D eigenvalue weighted by Crippen LogP contribution is 2.22. The zero-order chi connectivity index (χ0) is 17.7. The number of aliphatic hydroxyl groups is 1. The molecule has 4 unspecified atom stereocenters. The lowest BCUT2D eigenvalue weighted by molar-refractivity contribution is -0.100. The molecule has 0 aromatic heterocycles. The van der Waals surface area contributed by atoms with Crippen molar-refractivity contribution in [2.45, 2.75) is 38.3 Å². The zero-order valence-electron chi connectivity index (χ0n) is 13.1. The van der Waals surface area contributed by atoms with Crippen LogP contribution in [0.3, 0.4) is 0 Å².